The van der Waals surface area contributed by atoms with Gasteiger partial charge in [-0.15, -0.1) is 0 Å². The van der Waals surface area contributed by atoms with Gasteiger partial charge < -0.3 is 5.32 Å². The molecule has 0 radical (unpaired) electrons. The van der Waals surface area contributed by atoms with Crippen molar-refractivity contribution in [3.63, 3.8) is 0 Å². The lowest BCUT2D eigenvalue weighted by Gasteiger charge is -2.12. The van der Waals surface area contributed by atoms with Gasteiger partial charge in [-0.3, -0.25) is 0 Å². The van der Waals surface area contributed by atoms with Crippen molar-refractivity contribution >= 4 is 6.08 Å². The molecule has 0 heterocycles. The zero-order chi connectivity index (χ0) is 9.97. The SMILES string of the molecule is C=Cc1ccc2c(c1)CCC2NCC. The Kier molecular flexibility index (Phi) is 2.69. The summed E-state index contributed by atoms with van der Waals surface area (Å²) in [5.41, 5.74) is 4.21. The third kappa shape index (κ3) is 1.60. The molecule has 74 valence electrons. The first kappa shape index (κ1) is 9.47. The van der Waals surface area contributed by atoms with Gasteiger partial charge >= 0.3 is 0 Å². The predicted octanol–water partition coefficient (Wildman–Crippen LogP) is 2.93. The zero-order valence-electron chi connectivity index (χ0n) is 8.72. The molecular formula is C13H17N. The molecule has 0 aromatic heterocycles. The normalized spacial score (nSPS) is 19.4. The summed E-state index contributed by atoms with van der Waals surface area (Å²) >= 11 is 0. The van der Waals surface area contributed by atoms with Crippen LogP contribution in [0.25, 0.3) is 6.08 Å². The first-order valence-corrected chi connectivity index (χ1v) is 5.33. The van der Waals surface area contributed by atoms with E-state index in [9.17, 15) is 0 Å². The third-order valence-electron chi connectivity index (χ3n) is 2.93. The van der Waals surface area contributed by atoms with E-state index in [0.29, 0.717) is 6.04 Å². The van der Waals surface area contributed by atoms with E-state index < -0.39 is 0 Å². The van der Waals surface area contributed by atoms with Crippen molar-refractivity contribution in [1.82, 2.24) is 5.32 Å². The smallest absolute Gasteiger partial charge is 0.0326 e. The number of hydrogen-bond acceptors (Lipinski definition) is 1. The lowest BCUT2D eigenvalue weighted by molar-refractivity contribution is 0.549. The quantitative estimate of drug-likeness (QED) is 0.767. The van der Waals surface area contributed by atoms with Gasteiger partial charge in [-0.05, 0) is 36.1 Å². The van der Waals surface area contributed by atoms with Gasteiger partial charge in [0.05, 0.1) is 0 Å². The second-order valence-corrected chi connectivity index (χ2v) is 3.81. The van der Waals surface area contributed by atoms with Gasteiger partial charge in [0, 0.05) is 6.04 Å². The van der Waals surface area contributed by atoms with E-state index >= 15 is 0 Å². The largest absolute Gasteiger partial charge is 0.310 e. The summed E-state index contributed by atoms with van der Waals surface area (Å²) < 4.78 is 0. The van der Waals surface area contributed by atoms with Crippen LogP contribution in [-0.4, -0.2) is 6.54 Å². The van der Waals surface area contributed by atoms with Gasteiger partial charge in [0.2, 0.25) is 0 Å². The van der Waals surface area contributed by atoms with Crippen LogP contribution in [0.15, 0.2) is 24.8 Å². The zero-order valence-corrected chi connectivity index (χ0v) is 8.72. The summed E-state index contributed by atoms with van der Waals surface area (Å²) in [6.45, 7) is 7.01. The fraction of sp³-hybridized carbons (Fsp3) is 0.385. The molecule has 1 aliphatic carbocycles. The van der Waals surface area contributed by atoms with E-state index in [1.54, 1.807) is 0 Å². The van der Waals surface area contributed by atoms with Gasteiger partial charge in [0.15, 0.2) is 0 Å². The molecule has 0 saturated carbocycles. The fourth-order valence-corrected chi connectivity index (χ4v) is 2.22. The van der Waals surface area contributed by atoms with Crippen LogP contribution in [-0.2, 0) is 6.42 Å². The number of fused-ring (bicyclic) bond motifs is 1. The second-order valence-electron chi connectivity index (χ2n) is 3.81. The molecule has 1 aromatic rings. The van der Waals surface area contributed by atoms with Gasteiger partial charge in [0.1, 0.15) is 0 Å². The molecule has 0 bridgehead atoms. The summed E-state index contributed by atoms with van der Waals surface area (Å²) in [6.07, 6.45) is 4.36. The minimum Gasteiger partial charge on any atom is -0.310 e. The Morgan fingerprint density at radius 2 is 2.43 bits per heavy atom. The molecule has 1 atom stereocenters. The van der Waals surface area contributed by atoms with Crippen molar-refractivity contribution in [3.05, 3.63) is 41.5 Å². The van der Waals surface area contributed by atoms with E-state index in [1.165, 1.54) is 29.5 Å². The Labute approximate surface area is 85.8 Å². The molecule has 0 amide bonds. The van der Waals surface area contributed by atoms with Crippen molar-refractivity contribution in [1.29, 1.82) is 0 Å². The molecule has 1 heteroatoms. The highest BCUT2D eigenvalue weighted by Gasteiger charge is 2.20. The lowest BCUT2D eigenvalue weighted by atomic mass is 10.0. The third-order valence-corrected chi connectivity index (χ3v) is 2.93. The number of benzene rings is 1. The maximum atomic E-state index is 3.80. The van der Waals surface area contributed by atoms with E-state index in [2.05, 4.69) is 37.0 Å². The first-order chi connectivity index (χ1) is 6.85. The summed E-state index contributed by atoms with van der Waals surface area (Å²) in [4.78, 5) is 0. The molecule has 1 nitrogen and oxygen atoms in total. The first-order valence-electron chi connectivity index (χ1n) is 5.33. The minimum absolute atomic E-state index is 0.578. The Balaban J connectivity index is 2.28. The van der Waals surface area contributed by atoms with Crippen LogP contribution < -0.4 is 5.32 Å². The Hall–Kier alpha value is -1.08. The highest BCUT2D eigenvalue weighted by Crippen LogP contribution is 2.31. The van der Waals surface area contributed by atoms with Crippen LogP contribution in [0.2, 0.25) is 0 Å². The summed E-state index contributed by atoms with van der Waals surface area (Å²) in [7, 11) is 0. The molecule has 1 aromatic carbocycles. The van der Waals surface area contributed by atoms with Crippen LogP contribution in [0.5, 0.6) is 0 Å². The molecule has 0 aliphatic heterocycles. The molecule has 14 heavy (non-hydrogen) atoms. The number of nitrogens with one attached hydrogen (secondary N) is 1. The molecular weight excluding hydrogens is 170 g/mol. The van der Waals surface area contributed by atoms with E-state index in [-0.39, 0.29) is 0 Å². The Morgan fingerprint density at radius 3 is 3.14 bits per heavy atom. The lowest BCUT2D eigenvalue weighted by Crippen LogP contribution is -2.18. The highest BCUT2D eigenvalue weighted by molar-refractivity contribution is 5.51. The second kappa shape index (κ2) is 3.97. The topological polar surface area (TPSA) is 12.0 Å². The van der Waals surface area contributed by atoms with Crippen LogP contribution in [0.4, 0.5) is 0 Å². The minimum atomic E-state index is 0.578. The highest BCUT2D eigenvalue weighted by atomic mass is 14.9. The molecule has 0 fully saturated rings. The van der Waals surface area contributed by atoms with Gasteiger partial charge in [-0.25, -0.2) is 0 Å². The average Bonchev–Trinajstić information content (AvgIpc) is 2.61. The maximum Gasteiger partial charge on any atom is 0.0326 e. The van der Waals surface area contributed by atoms with Crippen molar-refractivity contribution in [2.45, 2.75) is 25.8 Å². The van der Waals surface area contributed by atoms with Gasteiger partial charge in [-0.2, -0.15) is 0 Å². The average molecular weight is 187 g/mol. The van der Waals surface area contributed by atoms with Crippen molar-refractivity contribution in [2.75, 3.05) is 6.54 Å². The summed E-state index contributed by atoms with van der Waals surface area (Å²) in [6, 6.07) is 7.24. The van der Waals surface area contributed by atoms with Crippen LogP contribution in [0, 0.1) is 0 Å². The number of rotatable bonds is 3. The summed E-state index contributed by atoms with van der Waals surface area (Å²) in [5, 5.41) is 3.51. The van der Waals surface area contributed by atoms with Gasteiger partial charge in [0.25, 0.3) is 0 Å². The molecule has 0 saturated heterocycles. The van der Waals surface area contributed by atoms with Crippen LogP contribution in [0.3, 0.4) is 0 Å². The van der Waals surface area contributed by atoms with Crippen LogP contribution >= 0.6 is 0 Å². The number of aryl methyl sites for hydroxylation is 1. The Morgan fingerprint density at radius 1 is 1.57 bits per heavy atom. The van der Waals surface area contributed by atoms with E-state index in [4.69, 9.17) is 0 Å². The molecule has 2 rings (SSSR count). The van der Waals surface area contributed by atoms with Crippen molar-refractivity contribution in [3.8, 4) is 0 Å². The van der Waals surface area contributed by atoms with E-state index in [0.717, 1.165) is 6.54 Å². The molecule has 1 aliphatic rings. The monoisotopic (exact) mass is 187 g/mol. The van der Waals surface area contributed by atoms with Crippen LogP contribution in [0.1, 0.15) is 36.1 Å². The predicted molar refractivity (Wildman–Crippen MR) is 61.3 cm³/mol. The number of hydrogen-bond donors (Lipinski definition) is 1. The fourth-order valence-electron chi connectivity index (χ4n) is 2.22. The van der Waals surface area contributed by atoms with Crippen molar-refractivity contribution in [2.24, 2.45) is 0 Å². The summed E-state index contributed by atoms with van der Waals surface area (Å²) in [5.74, 6) is 0. The molecule has 1 N–H and O–H groups in total. The van der Waals surface area contributed by atoms with Gasteiger partial charge in [-0.1, -0.05) is 37.8 Å². The molecule has 1 unspecified atom stereocenters. The van der Waals surface area contributed by atoms with E-state index in [1.807, 2.05) is 6.08 Å². The molecule has 0 spiro atoms. The standard InChI is InChI=1S/C13H17N/c1-3-10-5-7-12-11(9-10)6-8-13(12)14-4-2/h3,5,7,9,13-14H,1,4,6,8H2,2H3. The maximum absolute atomic E-state index is 3.80. The van der Waals surface area contributed by atoms with Crippen molar-refractivity contribution < 1.29 is 0 Å². The Bertz CT molecular complexity index is 341.